The van der Waals surface area contributed by atoms with Gasteiger partial charge in [-0.1, -0.05) is 28.4 Å². The van der Waals surface area contributed by atoms with Gasteiger partial charge in [0.25, 0.3) is 0 Å². The number of hydrogen-bond donors (Lipinski definition) is 0. The van der Waals surface area contributed by atoms with E-state index in [0.717, 1.165) is 29.4 Å². The van der Waals surface area contributed by atoms with E-state index < -0.39 is 0 Å². The molecule has 1 saturated heterocycles. The van der Waals surface area contributed by atoms with Crippen LogP contribution in [-0.2, 0) is 4.79 Å². The normalized spacial score (nSPS) is 28.6. The smallest absolute Gasteiger partial charge is 0.230 e. The maximum absolute atomic E-state index is 12.2. The number of hydrogen-bond acceptors (Lipinski definition) is 1. The number of halogens is 1. The summed E-state index contributed by atoms with van der Waals surface area (Å²) in [4.78, 5) is 14.2. The molecule has 16 heavy (non-hydrogen) atoms. The summed E-state index contributed by atoms with van der Waals surface area (Å²) in [6.07, 6.45) is 4.51. The lowest BCUT2D eigenvalue weighted by molar-refractivity contribution is -0.120. The number of carbonyl (C=O) groups is 1. The van der Waals surface area contributed by atoms with Gasteiger partial charge in [0.15, 0.2) is 0 Å². The number of rotatable bonds is 1. The van der Waals surface area contributed by atoms with Crippen LogP contribution in [0.15, 0.2) is 28.7 Å². The maximum Gasteiger partial charge on any atom is 0.230 e. The zero-order valence-corrected chi connectivity index (χ0v) is 10.6. The van der Waals surface area contributed by atoms with Crippen LogP contribution in [0.4, 0.5) is 5.69 Å². The molecule has 3 heteroatoms. The number of amides is 1. The van der Waals surface area contributed by atoms with Crippen molar-refractivity contribution in [3.63, 3.8) is 0 Å². The quantitative estimate of drug-likeness (QED) is 0.772. The first-order valence-corrected chi connectivity index (χ1v) is 6.63. The minimum absolute atomic E-state index is 0.290. The third kappa shape index (κ3) is 1.58. The van der Waals surface area contributed by atoms with Crippen molar-refractivity contribution in [2.24, 2.45) is 5.92 Å². The second-order valence-corrected chi connectivity index (χ2v) is 5.62. The summed E-state index contributed by atoms with van der Waals surface area (Å²) in [5.41, 5.74) is 1.05. The van der Waals surface area contributed by atoms with Gasteiger partial charge in [-0.05, 0) is 37.5 Å². The van der Waals surface area contributed by atoms with E-state index in [4.69, 9.17) is 0 Å². The first-order valence-electron chi connectivity index (χ1n) is 5.84. The van der Waals surface area contributed by atoms with Gasteiger partial charge in [-0.25, -0.2) is 0 Å². The first kappa shape index (κ1) is 10.3. The molecule has 1 aliphatic heterocycles. The molecule has 1 aromatic rings. The van der Waals surface area contributed by atoms with E-state index in [1.807, 2.05) is 29.2 Å². The molecule has 2 bridgehead atoms. The van der Waals surface area contributed by atoms with E-state index >= 15 is 0 Å². The Morgan fingerprint density at radius 1 is 1.31 bits per heavy atom. The molecule has 84 valence electrons. The van der Waals surface area contributed by atoms with Crippen LogP contribution < -0.4 is 4.90 Å². The summed E-state index contributed by atoms with van der Waals surface area (Å²) in [5.74, 6) is 0.623. The molecule has 3 rings (SSSR count). The van der Waals surface area contributed by atoms with Crippen molar-refractivity contribution in [1.29, 1.82) is 0 Å². The Hall–Kier alpha value is -0.830. The van der Waals surface area contributed by atoms with Gasteiger partial charge in [-0.3, -0.25) is 4.79 Å². The van der Waals surface area contributed by atoms with E-state index in [2.05, 4.69) is 15.9 Å². The van der Waals surface area contributed by atoms with E-state index in [9.17, 15) is 4.79 Å². The minimum atomic E-state index is 0.290. The van der Waals surface area contributed by atoms with E-state index in [0.29, 0.717) is 11.9 Å². The summed E-state index contributed by atoms with van der Waals surface area (Å²) in [7, 11) is 0. The van der Waals surface area contributed by atoms with Crippen LogP contribution in [0.1, 0.15) is 25.7 Å². The van der Waals surface area contributed by atoms with Crippen LogP contribution >= 0.6 is 15.9 Å². The van der Waals surface area contributed by atoms with Gasteiger partial charge in [0, 0.05) is 22.1 Å². The van der Waals surface area contributed by atoms with E-state index in [1.54, 1.807) is 0 Å². The highest BCUT2D eigenvalue weighted by Gasteiger charge is 2.42. The van der Waals surface area contributed by atoms with Crippen molar-refractivity contribution in [2.75, 3.05) is 4.90 Å². The number of carbonyl (C=O) groups excluding carboxylic acids is 1. The fourth-order valence-electron chi connectivity index (χ4n) is 2.96. The van der Waals surface area contributed by atoms with Gasteiger partial charge < -0.3 is 4.90 Å². The van der Waals surface area contributed by atoms with Crippen LogP contribution in [0.3, 0.4) is 0 Å². The van der Waals surface area contributed by atoms with Crippen molar-refractivity contribution in [2.45, 2.75) is 31.7 Å². The summed E-state index contributed by atoms with van der Waals surface area (Å²) in [5, 5.41) is 0. The van der Waals surface area contributed by atoms with Crippen molar-refractivity contribution >= 4 is 27.5 Å². The molecule has 2 atom stereocenters. The number of nitrogens with zero attached hydrogens (tertiary/aromatic N) is 1. The first-order chi connectivity index (χ1) is 7.75. The topological polar surface area (TPSA) is 20.3 Å². The van der Waals surface area contributed by atoms with Gasteiger partial charge in [-0.2, -0.15) is 0 Å². The molecular formula is C13H14BrNO. The lowest BCUT2D eigenvalue weighted by Gasteiger charge is -2.24. The second kappa shape index (κ2) is 3.88. The fourth-order valence-corrected chi connectivity index (χ4v) is 3.35. The van der Waals surface area contributed by atoms with Crippen molar-refractivity contribution in [3.8, 4) is 0 Å². The Labute approximate surface area is 104 Å². The molecule has 1 amide bonds. The van der Waals surface area contributed by atoms with Crippen molar-refractivity contribution in [3.05, 3.63) is 28.7 Å². The maximum atomic E-state index is 12.2. The van der Waals surface area contributed by atoms with Gasteiger partial charge in [-0.15, -0.1) is 0 Å². The highest BCUT2D eigenvalue weighted by molar-refractivity contribution is 9.10. The lowest BCUT2D eigenvalue weighted by atomic mass is 9.90. The number of fused-ring (bicyclic) bond motifs is 2. The van der Waals surface area contributed by atoms with Crippen LogP contribution in [0.2, 0.25) is 0 Å². The van der Waals surface area contributed by atoms with E-state index in [-0.39, 0.29) is 5.92 Å². The third-order valence-corrected chi connectivity index (χ3v) is 4.18. The van der Waals surface area contributed by atoms with Crippen LogP contribution in [0.25, 0.3) is 0 Å². The molecule has 1 aliphatic carbocycles. The molecule has 1 aromatic carbocycles. The van der Waals surface area contributed by atoms with Crippen molar-refractivity contribution < 1.29 is 4.79 Å². The number of benzene rings is 1. The average Bonchev–Trinajstić information content (AvgIpc) is 2.50. The van der Waals surface area contributed by atoms with Gasteiger partial charge in [0.05, 0.1) is 0 Å². The highest BCUT2D eigenvalue weighted by Crippen LogP contribution is 2.39. The largest absolute Gasteiger partial charge is 0.309 e. The fraction of sp³-hybridized carbons (Fsp3) is 0.462. The van der Waals surface area contributed by atoms with Gasteiger partial charge in [0.2, 0.25) is 5.91 Å². The summed E-state index contributed by atoms with van der Waals surface area (Å²) >= 11 is 3.46. The Kier molecular flexibility index (Phi) is 2.51. The molecule has 1 saturated carbocycles. The molecule has 0 N–H and O–H groups in total. The summed E-state index contributed by atoms with van der Waals surface area (Å²) < 4.78 is 1.04. The molecule has 1 heterocycles. The third-order valence-electron chi connectivity index (χ3n) is 3.68. The predicted molar refractivity (Wildman–Crippen MR) is 67.4 cm³/mol. The summed E-state index contributed by atoms with van der Waals surface area (Å²) in [6, 6.07) is 8.51. The lowest BCUT2D eigenvalue weighted by Crippen LogP contribution is -2.32. The molecule has 2 fully saturated rings. The Morgan fingerprint density at radius 2 is 2.19 bits per heavy atom. The Bertz CT molecular complexity index is 432. The molecule has 0 radical (unpaired) electrons. The number of anilines is 1. The molecule has 0 spiro atoms. The Morgan fingerprint density at radius 3 is 2.94 bits per heavy atom. The van der Waals surface area contributed by atoms with Crippen molar-refractivity contribution in [1.82, 2.24) is 0 Å². The van der Waals surface area contributed by atoms with Gasteiger partial charge >= 0.3 is 0 Å². The molecule has 0 aromatic heterocycles. The standard InChI is InChI=1S/C13H14BrNO/c14-10-4-2-6-12(8-10)15-11-5-1-3-9(7-11)13(15)16/h2,4,6,8-9,11H,1,3,5,7H2. The van der Waals surface area contributed by atoms with Crippen LogP contribution in [-0.4, -0.2) is 11.9 Å². The second-order valence-electron chi connectivity index (χ2n) is 4.71. The molecule has 2 unspecified atom stereocenters. The highest BCUT2D eigenvalue weighted by atomic mass is 79.9. The predicted octanol–water partition coefficient (Wildman–Crippen LogP) is 3.35. The SMILES string of the molecule is O=C1C2CCCC(C2)N1c1cccc(Br)c1. The Balaban J connectivity index is 1.97. The molecule has 2 aliphatic rings. The molecule has 2 nitrogen and oxygen atoms in total. The minimum Gasteiger partial charge on any atom is -0.309 e. The monoisotopic (exact) mass is 279 g/mol. The van der Waals surface area contributed by atoms with Crippen LogP contribution in [0.5, 0.6) is 0 Å². The average molecular weight is 280 g/mol. The van der Waals surface area contributed by atoms with E-state index in [1.165, 1.54) is 6.42 Å². The zero-order chi connectivity index (χ0) is 11.1. The van der Waals surface area contributed by atoms with Crippen LogP contribution in [0, 0.1) is 5.92 Å². The summed E-state index contributed by atoms with van der Waals surface area (Å²) in [6.45, 7) is 0. The zero-order valence-electron chi connectivity index (χ0n) is 9.03. The molecular weight excluding hydrogens is 266 g/mol. The van der Waals surface area contributed by atoms with Gasteiger partial charge in [0.1, 0.15) is 0 Å².